The highest BCUT2D eigenvalue weighted by atomic mass is 19.3. The number of aromatic nitrogens is 4. The first-order chi connectivity index (χ1) is 33.5. The van der Waals surface area contributed by atoms with Gasteiger partial charge in [0, 0.05) is 56.2 Å². The standard InChI is InChI=1S/C51H56F2N8O8/c1-66-49(64)58-43(31-15-21-68-22-16-31)47(62)60-19-3-5-41(60)45-54-27-39(56-45)30-9-7-29(8-10-30)33-11-13-35-36-14-12-34(26-38(36)51(52,53)37(35)25-33)40-28-55-46(57-40)42-6-4-20-61(42)48(63)44(59-50(65)67-2)32-17-23-69-24-18-32/h7-14,25-28,31-32,41-44H,3-6,15-24H2,1-2H3,(H,54,56)(H,55,57)(H,58,64)(H,59,65)/t41-,42-,43+,44-/m0/s1. The second-order valence-corrected chi connectivity index (χ2v) is 18.5. The molecule has 0 radical (unpaired) electrons. The third-order valence-electron chi connectivity index (χ3n) is 14.7. The molecule has 10 rings (SSSR count). The maximum Gasteiger partial charge on any atom is 0.407 e. The summed E-state index contributed by atoms with van der Waals surface area (Å²) in [5, 5.41) is 5.56. The molecule has 1 aliphatic carbocycles. The number of amides is 4. The first-order valence-electron chi connectivity index (χ1n) is 23.9. The second kappa shape index (κ2) is 19.4. The second-order valence-electron chi connectivity index (χ2n) is 18.5. The SMILES string of the molecule is COC(=O)N[C@H](C(=O)N1CCC[C@H]1c1ncc(-c2ccc3c(c2)C(F)(F)c2cc(-c4ccc(-c5cnc([C@@H]6CCCN6C(=O)[C@H](NC(=O)OC)C6CCOCC6)[nH]5)cc4)ccc2-3)[nH]1)C1CCOCC1. The fraction of sp³-hybridized carbons (Fsp3) is 0.451. The number of rotatable bonds is 11. The Kier molecular flexibility index (Phi) is 12.9. The average molecular weight is 947 g/mol. The molecule has 0 unspecified atom stereocenters. The monoisotopic (exact) mass is 946 g/mol. The summed E-state index contributed by atoms with van der Waals surface area (Å²) in [6.45, 7) is 3.09. The Morgan fingerprint density at radius 3 is 1.52 bits per heavy atom. The molecule has 0 bridgehead atoms. The number of hydrogen-bond acceptors (Lipinski definition) is 10. The zero-order valence-electron chi connectivity index (χ0n) is 38.6. The van der Waals surface area contributed by atoms with Gasteiger partial charge in [-0.15, -0.1) is 0 Å². The van der Waals surface area contributed by atoms with E-state index in [1.807, 2.05) is 36.4 Å². The highest BCUT2D eigenvalue weighted by molar-refractivity contribution is 5.88. The highest BCUT2D eigenvalue weighted by Gasteiger charge is 2.46. The van der Waals surface area contributed by atoms with Crippen molar-refractivity contribution in [3.63, 3.8) is 0 Å². The number of alkyl halides is 2. The number of ether oxygens (including phenoxy) is 4. The predicted octanol–water partition coefficient (Wildman–Crippen LogP) is 7.88. The first-order valence-corrected chi connectivity index (χ1v) is 23.9. The van der Waals surface area contributed by atoms with Crippen LogP contribution in [0.25, 0.3) is 44.8 Å². The Morgan fingerprint density at radius 1 is 0.623 bits per heavy atom. The summed E-state index contributed by atoms with van der Waals surface area (Å²) in [6.07, 6.45) is 7.52. The largest absolute Gasteiger partial charge is 0.453 e. The number of aromatic amines is 2. The van der Waals surface area contributed by atoms with Crippen LogP contribution in [-0.4, -0.2) is 120 Å². The Bertz CT molecular complexity index is 2710. The minimum atomic E-state index is -3.28. The van der Waals surface area contributed by atoms with Gasteiger partial charge in [0.1, 0.15) is 23.7 Å². The lowest BCUT2D eigenvalue weighted by molar-refractivity contribution is -0.137. The molecular weight excluding hydrogens is 891 g/mol. The molecule has 6 heterocycles. The van der Waals surface area contributed by atoms with Crippen LogP contribution < -0.4 is 10.6 Å². The van der Waals surface area contributed by atoms with Crippen molar-refractivity contribution in [2.45, 2.75) is 81.5 Å². The minimum absolute atomic E-state index is 0.0719. The van der Waals surface area contributed by atoms with Gasteiger partial charge in [-0.3, -0.25) is 9.59 Å². The van der Waals surface area contributed by atoms with E-state index in [4.69, 9.17) is 23.9 Å². The maximum atomic E-state index is 16.6. The summed E-state index contributed by atoms with van der Waals surface area (Å²) in [5.41, 5.74) is 4.87. The molecule has 4 aliphatic heterocycles. The van der Waals surface area contributed by atoms with Crippen molar-refractivity contribution < 1.29 is 46.9 Å². The van der Waals surface area contributed by atoms with E-state index in [-0.39, 0.29) is 46.9 Å². The van der Waals surface area contributed by atoms with Crippen molar-refractivity contribution in [2.24, 2.45) is 11.8 Å². The number of methoxy groups -OCH3 is 2. The molecular formula is C51H56F2N8O8. The molecule has 4 saturated heterocycles. The number of H-pyrrole nitrogens is 2. The zero-order chi connectivity index (χ0) is 47.8. The topological polar surface area (TPSA) is 193 Å². The normalized spacial score (nSPS) is 21.0. The average Bonchev–Trinajstić information content (AvgIpc) is 4.26. The molecule has 3 aromatic carbocycles. The molecule has 5 aromatic rings. The number of benzene rings is 3. The summed E-state index contributed by atoms with van der Waals surface area (Å²) in [4.78, 5) is 72.4. The van der Waals surface area contributed by atoms with E-state index >= 15 is 8.78 Å². The van der Waals surface area contributed by atoms with Gasteiger partial charge in [0.05, 0.1) is 50.1 Å². The summed E-state index contributed by atoms with van der Waals surface area (Å²) in [7, 11) is 2.55. The zero-order valence-corrected chi connectivity index (χ0v) is 38.6. The van der Waals surface area contributed by atoms with Gasteiger partial charge in [-0.05, 0) is 103 Å². The van der Waals surface area contributed by atoms with Crippen LogP contribution in [0.1, 0.15) is 86.2 Å². The summed E-state index contributed by atoms with van der Waals surface area (Å²) < 4.78 is 53.9. The van der Waals surface area contributed by atoms with Crippen LogP contribution in [-0.2, 0) is 34.5 Å². The fourth-order valence-corrected chi connectivity index (χ4v) is 10.9. The van der Waals surface area contributed by atoms with Gasteiger partial charge in [-0.25, -0.2) is 19.6 Å². The van der Waals surface area contributed by atoms with E-state index in [2.05, 4.69) is 25.6 Å². The lowest BCUT2D eigenvalue weighted by atomic mass is 9.90. The molecule has 18 heteroatoms. The lowest BCUT2D eigenvalue weighted by Crippen LogP contribution is -2.53. The fourth-order valence-electron chi connectivity index (χ4n) is 10.9. The number of carbonyl (C=O) groups is 4. The number of carbonyl (C=O) groups excluding carboxylic acids is 4. The maximum absolute atomic E-state index is 16.6. The Hall–Kier alpha value is -6.66. The highest BCUT2D eigenvalue weighted by Crippen LogP contribution is 2.53. The van der Waals surface area contributed by atoms with E-state index in [0.717, 1.165) is 36.1 Å². The Balaban J connectivity index is 0.827. The number of nitrogens with one attached hydrogen (secondary N) is 4. The van der Waals surface area contributed by atoms with Crippen molar-refractivity contribution in [1.82, 2.24) is 40.4 Å². The third-order valence-corrected chi connectivity index (χ3v) is 14.7. The molecule has 16 nitrogen and oxygen atoms in total. The first kappa shape index (κ1) is 46.1. The van der Waals surface area contributed by atoms with Crippen LogP contribution >= 0.6 is 0 Å². The summed E-state index contributed by atoms with van der Waals surface area (Å²) >= 11 is 0. The van der Waals surface area contributed by atoms with Crippen LogP contribution in [0.15, 0.2) is 73.1 Å². The Morgan fingerprint density at radius 2 is 1.04 bits per heavy atom. The smallest absolute Gasteiger partial charge is 0.407 e. The molecule has 4 N–H and O–H groups in total. The quantitative estimate of drug-likeness (QED) is 0.101. The van der Waals surface area contributed by atoms with Crippen molar-refractivity contribution >= 4 is 24.0 Å². The van der Waals surface area contributed by atoms with Gasteiger partial charge in [-0.1, -0.05) is 48.5 Å². The van der Waals surface area contributed by atoms with Crippen LogP contribution in [0.2, 0.25) is 0 Å². The third kappa shape index (κ3) is 8.95. The van der Waals surface area contributed by atoms with Crippen molar-refractivity contribution in [1.29, 1.82) is 0 Å². The molecule has 4 fully saturated rings. The predicted molar refractivity (Wildman–Crippen MR) is 249 cm³/mol. The van der Waals surface area contributed by atoms with Crippen molar-refractivity contribution in [3.8, 4) is 44.8 Å². The van der Waals surface area contributed by atoms with Crippen molar-refractivity contribution in [2.75, 3.05) is 53.7 Å². The van der Waals surface area contributed by atoms with Gasteiger partial charge < -0.3 is 49.3 Å². The van der Waals surface area contributed by atoms with Gasteiger partial charge in [0.2, 0.25) is 11.8 Å². The van der Waals surface area contributed by atoms with Gasteiger partial charge >= 0.3 is 12.2 Å². The van der Waals surface area contributed by atoms with Crippen LogP contribution in [0.4, 0.5) is 18.4 Å². The molecule has 69 heavy (non-hydrogen) atoms. The van der Waals surface area contributed by atoms with E-state index in [1.165, 1.54) is 20.3 Å². The number of likely N-dealkylation sites (tertiary alicyclic amines) is 2. The number of imidazole rings is 2. The van der Waals surface area contributed by atoms with E-state index < -0.39 is 30.2 Å². The van der Waals surface area contributed by atoms with Gasteiger partial charge in [0.15, 0.2) is 0 Å². The summed E-state index contributed by atoms with van der Waals surface area (Å²) in [5.74, 6) is -2.62. The minimum Gasteiger partial charge on any atom is -0.453 e. The van der Waals surface area contributed by atoms with Crippen molar-refractivity contribution in [3.05, 3.63) is 95.8 Å². The number of nitrogens with zero attached hydrogens (tertiary/aromatic N) is 4. The number of fused-ring (bicyclic) bond motifs is 3. The summed E-state index contributed by atoms with van der Waals surface area (Å²) in [6, 6.07) is 15.7. The van der Waals surface area contributed by atoms with Crippen LogP contribution in [0.3, 0.4) is 0 Å². The Labute approximate surface area is 397 Å². The van der Waals surface area contributed by atoms with E-state index in [1.54, 1.807) is 40.4 Å². The van der Waals surface area contributed by atoms with Gasteiger partial charge in [-0.2, -0.15) is 8.78 Å². The molecule has 362 valence electrons. The van der Waals surface area contributed by atoms with Crippen LogP contribution in [0, 0.1) is 11.8 Å². The molecule has 2 aromatic heterocycles. The lowest BCUT2D eigenvalue weighted by Gasteiger charge is -2.34. The van der Waals surface area contributed by atoms with E-state index in [9.17, 15) is 19.2 Å². The number of alkyl carbamates (subject to hydrolysis) is 2. The van der Waals surface area contributed by atoms with Crippen LogP contribution in [0.5, 0.6) is 0 Å². The van der Waals surface area contributed by atoms with E-state index in [0.29, 0.717) is 111 Å². The van der Waals surface area contributed by atoms with Gasteiger partial charge in [0.25, 0.3) is 5.92 Å². The number of hydrogen-bond donors (Lipinski definition) is 4. The molecule has 5 aliphatic rings. The molecule has 4 atom stereocenters. The molecule has 0 saturated carbocycles. The molecule has 0 spiro atoms. The number of halogens is 2. The molecule has 4 amide bonds.